The number of carbonyl (C=O) groups excluding carboxylic acids is 1. The van der Waals surface area contributed by atoms with Crippen LogP contribution in [-0.4, -0.2) is 19.1 Å². The van der Waals surface area contributed by atoms with Crippen molar-refractivity contribution < 1.29 is 14.3 Å². The average Bonchev–Trinajstić information content (AvgIpc) is 2.68. The lowest BCUT2D eigenvalue weighted by atomic mass is 10.0. The topological polar surface area (TPSA) is 47.6 Å². The van der Waals surface area contributed by atoms with Crippen molar-refractivity contribution in [3.8, 4) is 5.75 Å². The molecule has 1 aliphatic heterocycles. The van der Waals surface area contributed by atoms with E-state index in [0.29, 0.717) is 24.7 Å². The van der Waals surface area contributed by atoms with Gasteiger partial charge in [-0.2, -0.15) is 0 Å². The molecule has 0 atom stereocenters. The number of esters is 1. The fourth-order valence-corrected chi connectivity index (χ4v) is 3.23. The highest BCUT2D eigenvalue weighted by molar-refractivity contribution is 6.30. The highest BCUT2D eigenvalue weighted by Gasteiger charge is 2.14. The van der Waals surface area contributed by atoms with Crippen molar-refractivity contribution in [2.75, 3.05) is 18.5 Å². The Morgan fingerprint density at radius 1 is 1.19 bits per heavy atom. The molecule has 144 valence electrons. The first-order valence-corrected chi connectivity index (χ1v) is 9.86. The van der Waals surface area contributed by atoms with Crippen molar-refractivity contribution in [2.24, 2.45) is 5.92 Å². The summed E-state index contributed by atoms with van der Waals surface area (Å²) in [5.41, 5.74) is 3.74. The standard InChI is InChI=1S/C22H26ClNO3/c1-15(2)13-27-22(25)17-7-9-21-20(12-17)24-10-4-3-5-16-11-19(23)8-6-18(16)14-26-21/h6-9,11-12,15,24H,3-5,10,13-14H2,1-2H3. The first kappa shape index (κ1) is 19.6. The Balaban J connectivity index is 1.81. The Bertz CT molecular complexity index is 804. The van der Waals surface area contributed by atoms with Crippen molar-refractivity contribution in [3.05, 3.63) is 58.1 Å². The van der Waals surface area contributed by atoms with Gasteiger partial charge in [0, 0.05) is 11.6 Å². The molecule has 1 heterocycles. The van der Waals surface area contributed by atoms with Gasteiger partial charge in [-0.15, -0.1) is 0 Å². The van der Waals surface area contributed by atoms with E-state index < -0.39 is 0 Å². The first-order valence-electron chi connectivity index (χ1n) is 9.48. The lowest BCUT2D eigenvalue weighted by Crippen LogP contribution is -2.11. The number of hydrogen-bond acceptors (Lipinski definition) is 4. The molecule has 27 heavy (non-hydrogen) atoms. The van der Waals surface area contributed by atoms with Gasteiger partial charge < -0.3 is 14.8 Å². The fraction of sp³-hybridized carbons (Fsp3) is 0.409. The molecule has 2 aromatic rings. The van der Waals surface area contributed by atoms with Gasteiger partial charge in [-0.1, -0.05) is 31.5 Å². The molecular weight excluding hydrogens is 362 g/mol. The summed E-state index contributed by atoms with van der Waals surface area (Å²) in [6.07, 6.45) is 3.06. The number of hydrogen-bond donors (Lipinski definition) is 1. The highest BCUT2D eigenvalue weighted by Crippen LogP contribution is 2.29. The van der Waals surface area contributed by atoms with Gasteiger partial charge in [0.25, 0.3) is 0 Å². The lowest BCUT2D eigenvalue weighted by Gasteiger charge is -2.15. The molecule has 0 spiro atoms. The maximum Gasteiger partial charge on any atom is 0.338 e. The molecule has 0 saturated heterocycles. The largest absolute Gasteiger partial charge is 0.487 e. The van der Waals surface area contributed by atoms with Gasteiger partial charge in [-0.25, -0.2) is 4.79 Å². The van der Waals surface area contributed by atoms with E-state index in [-0.39, 0.29) is 5.97 Å². The molecule has 1 aliphatic rings. The van der Waals surface area contributed by atoms with Gasteiger partial charge in [-0.05, 0) is 66.6 Å². The number of fused-ring (bicyclic) bond motifs is 2. The number of nitrogens with one attached hydrogen (secondary N) is 1. The molecule has 4 nitrogen and oxygen atoms in total. The van der Waals surface area contributed by atoms with Crippen LogP contribution in [0.25, 0.3) is 0 Å². The van der Waals surface area contributed by atoms with Gasteiger partial charge in [0.05, 0.1) is 17.9 Å². The minimum atomic E-state index is -0.303. The summed E-state index contributed by atoms with van der Waals surface area (Å²) in [5.74, 6) is 0.741. The van der Waals surface area contributed by atoms with Gasteiger partial charge in [0.15, 0.2) is 0 Å². The molecule has 2 aromatic carbocycles. The molecule has 5 heteroatoms. The second-order valence-corrected chi connectivity index (χ2v) is 7.73. The monoisotopic (exact) mass is 387 g/mol. The Hall–Kier alpha value is -2.20. The third-order valence-corrected chi connectivity index (χ3v) is 4.74. The number of benzene rings is 2. The smallest absolute Gasteiger partial charge is 0.338 e. The summed E-state index contributed by atoms with van der Waals surface area (Å²) in [7, 11) is 0. The minimum absolute atomic E-state index is 0.303. The molecule has 0 aliphatic carbocycles. The van der Waals surface area contributed by atoms with E-state index in [1.165, 1.54) is 5.56 Å². The minimum Gasteiger partial charge on any atom is -0.487 e. The second kappa shape index (κ2) is 9.14. The van der Waals surface area contributed by atoms with Crippen molar-refractivity contribution in [3.63, 3.8) is 0 Å². The number of anilines is 1. The Morgan fingerprint density at radius 2 is 2.04 bits per heavy atom. The highest BCUT2D eigenvalue weighted by atomic mass is 35.5. The third kappa shape index (κ3) is 5.39. The summed E-state index contributed by atoms with van der Waals surface area (Å²) < 4.78 is 11.4. The van der Waals surface area contributed by atoms with Gasteiger partial charge in [-0.3, -0.25) is 0 Å². The van der Waals surface area contributed by atoms with E-state index in [4.69, 9.17) is 21.1 Å². The number of ether oxygens (including phenoxy) is 2. The van der Waals surface area contributed by atoms with Crippen molar-refractivity contribution in [2.45, 2.75) is 39.7 Å². The molecule has 3 rings (SSSR count). The Kier molecular flexibility index (Phi) is 6.62. The maximum atomic E-state index is 12.3. The molecular formula is C22H26ClNO3. The SMILES string of the molecule is CC(C)COC(=O)c1ccc2c(c1)NCCCCc1cc(Cl)ccc1CO2. The normalized spacial score (nSPS) is 14.2. The average molecular weight is 388 g/mol. The van der Waals surface area contributed by atoms with Crippen LogP contribution in [0.1, 0.15) is 48.2 Å². The summed E-state index contributed by atoms with van der Waals surface area (Å²) in [6, 6.07) is 11.4. The van der Waals surface area contributed by atoms with E-state index in [0.717, 1.165) is 47.8 Å². The lowest BCUT2D eigenvalue weighted by molar-refractivity contribution is 0.0459. The van der Waals surface area contributed by atoms with Crippen LogP contribution in [0.4, 0.5) is 5.69 Å². The molecule has 0 saturated carbocycles. The Labute approximate surface area is 165 Å². The summed E-state index contributed by atoms with van der Waals surface area (Å²) in [6.45, 7) is 5.74. The zero-order valence-electron chi connectivity index (χ0n) is 15.9. The fourth-order valence-electron chi connectivity index (χ4n) is 3.03. The molecule has 1 N–H and O–H groups in total. The second-order valence-electron chi connectivity index (χ2n) is 7.29. The van der Waals surface area contributed by atoms with Crippen LogP contribution < -0.4 is 10.1 Å². The zero-order chi connectivity index (χ0) is 19.2. The summed E-state index contributed by atoms with van der Waals surface area (Å²) in [4.78, 5) is 12.3. The van der Waals surface area contributed by atoms with E-state index in [1.807, 2.05) is 44.2 Å². The summed E-state index contributed by atoms with van der Waals surface area (Å²) >= 11 is 6.15. The van der Waals surface area contributed by atoms with E-state index in [1.54, 1.807) is 6.07 Å². The quantitative estimate of drug-likeness (QED) is 0.708. The van der Waals surface area contributed by atoms with Gasteiger partial charge >= 0.3 is 5.97 Å². The number of aryl methyl sites for hydroxylation is 1. The number of carbonyl (C=O) groups is 1. The van der Waals surface area contributed by atoms with E-state index in [9.17, 15) is 4.79 Å². The van der Waals surface area contributed by atoms with Crippen LogP contribution in [0.15, 0.2) is 36.4 Å². The summed E-state index contributed by atoms with van der Waals surface area (Å²) in [5, 5.41) is 4.16. The van der Waals surface area contributed by atoms with E-state index >= 15 is 0 Å². The van der Waals surface area contributed by atoms with E-state index in [2.05, 4.69) is 5.32 Å². The number of rotatable bonds is 3. The molecule has 0 bridgehead atoms. The van der Waals surface area contributed by atoms with Crippen molar-refractivity contribution in [1.29, 1.82) is 0 Å². The molecule has 0 radical (unpaired) electrons. The van der Waals surface area contributed by atoms with Crippen LogP contribution in [-0.2, 0) is 17.8 Å². The predicted molar refractivity (Wildman–Crippen MR) is 109 cm³/mol. The van der Waals surface area contributed by atoms with Crippen LogP contribution in [0.5, 0.6) is 5.75 Å². The number of halogens is 1. The van der Waals surface area contributed by atoms with Crippen LogP contribution in [0.2, 0.25) is 5.02 Å². The van der Waals surface area contributed by atoms with Crippen molar-refractivity contribution >= 4 is 23.3 Å². The first-order chi connectivity index (χ1) is 13.0. The van der Waals surface area contributed by atoms with Gasteiger partial charge in [0.1, 0.15) is 12.4 Å². The Morgan fingerprint density at radius 3 is 2.85 bits per heavy atom. The molecule has 0 amide bonds. The molecule has 0 fully saturated rings. The molecule has 0 aromatic heterocycles. The van der Waals surface area contributed by atoms with Crippen LogP contribution in [0, 0.1) is 5.92 Å². The zero-order valence-corrected chi connectivity index (χ0v) is 16.6. The molecule has 0 unspecified atom stereocenters. The third-order valence-electron chi connectivity index (χ3n) is 4.50. The van der Waals surface area contributed by atoms with Crippen LogP contribution in [0.3, 0.4) is 0 Å². The maximum absolute atomic E-state index is 12.3. The van der Waals surface area contributed by atoms with Crippen LogP contribution >= 0.6 is 11.6 Å². The van der Waals surface area contributed by atoms with Gasteiger partial charge in [0.2, 0.25) is 0 Å². The van der Waals surface area contributed by atoms with Crippen molar-refractivity contribution in [1.82, 2.24) is 0 Å². The predicted octanol–water partition coefficient (Wildman–Crippen LogP) is 5.48.